The molecule has 4 aliphatic rings. The van der Waals surface area contributed by atoms with Crippen LogP contribution in [0, 0.1) is 0 Å². The highest BCUT2D eigenvalue weighted by atomic mass is 16.7. The normalized spacial score (nSPS) is 30.6. The fraction of sp³-hybridized carbons (Fsp3) is 0.500. The average Bonchev–Trinajstić information content (AvgIpc) is 3.14. The van der Waals surface area contributed by atoms with Crippen LogP contribution in [0.3, 0.4) is 0 Å². The zero-order valence-corrected chi connectivity index (χ0v) is 21.4. The summed E-state index contributed by atoms with van der Waals surface area (Å²) in [6, 6.07) is 3.51. The third-order valence-corrected chi connectivity index (χ3v) is 7.68. The topological polar surface area (TPSA) is 94.5 Å². The minimum Gasteiger partial charge on any atom is -0.477 e. The number of hydrogen-bond acceptors (Lipinski definition) is 8. The average molecular weight is 496 g/mol. The molecule has 5 rings (SSSR count). The second kappa shape index (κ2) is 8.49. The predicted octanol–water partition coefficient (Wildman–Crippen LogP) is 3.95. The van der Waals surface area contributed by atoms with Crippen LogP contribution in [0.15, 0.2) is 48.3 Å². The summed E-state index contributed by atoms with van der Waals surface area (Å²) < 4.78 is 23.2. The van der Waals surface area contributed by atoms with Gasteiger partial charge in [0.25, 0.3) is 0 Å². The monoisotopic (exact) mass is 495 g/mol. The number of piperidine rings is 1. The summed E-state index contributed by atoms with van der Waals surface area (Å²) in [5.74, 6) is 0.472. The molecule has 2 aliphatic carbocycles. The number of rotatable bonds is 4. The van der Waals surface area contributed by atoms with Gasteiger partial charge in [0.1, 0.15) is 11.4 Å². The first kappa shape index (κ1) is 24.6. The van der Waals surface area contributed by atoms with E-state index in [2.05, 4.69) is 4.90 Å². The third kappa shape index (κ3) is 3.66. The Balaban J connectivity index is 1.58. The Kier molecular flexibility index (Phi) is 5.80. The van der Waals surface area contributed by atoms with Crippen molar-refractivity contribution in [3.63, 3.8) is 0 Å². The molecule has 0 amide bonds. The molecule has 8 nitrogen and oxygen atoms in total. The first-order valence-electron chi connectivity index (χ1n) is 12.4. The number of allylic oxidation sites excluding steroid dienone is 3. The van der Waals surface area contributed by atoms with Gasteiger partial charge < -0.3 is 29.0 Å². The molecule has 0 radical (unpaired) electrons. The van der Waals surface area contributed by atoms with Gasteiger partial charge in [-0.25, -0.2) is 9.59 Å². The van der Waals surface area contributed by atoms with Gasteiger partial charge in [-0.05, 0) is 71.8 Å². The third-order valence-electron chi connectivity index (χ3n) is 7.68. The Morgan fingerprint density at radius 3 is 2.72 bits per heavy atom. The summed E-state index contributed by atoms with van der Waals surface area (Å²) in [6.45, 7) is 7.89. The first-order chi connectivity index (χ1) is 17.0. The Morgan fingerprint density at radius 2 is 2.00 bits per heavy atom. The van der Waals surface area contributed by atoms with E-state index < -0.39 is 34.8 Å². The number of benzene rings is 1. The number of likely N-dealkylation sites (tertiary alicyclic amines) is 1. The van der Waals surface area contributed by atoms with Gasteiger partial charge in [0.2, 0.25) is 0 Å². The molecule has 0 aromatic heterocycles. The summed E-state index contributed by atoms with van der Waals surface area (Å²) in [4.78, 5) is 27.3. The van der Waals surface area contributed by atoms with E-state index in [1.165, 1.54) is 6.08 Å². The molecular formula is C28H33NO7. The van der Waals surface area contributed by atoms with Gasteiger partial charge in [-0.3, -0.25) is 0 Å². The lowest BCUT2D eigenvalue weighted by Gasteiger charge is -2.61. The van der Waals surface area contributed by atoms with Gasteiger partial charge in [-0.1, -0.05) is 24.3 Å². The van der Waals surface area contributed by atoms with Crippen LogP contribution in [0.5, 0.6) is 11.5 Å². The van der Waals surface area contributed by atoms with E-state index in [1.54, 1.807) is 45.1 Å². The second-order valence-electron chi connectivity index (χ2n) is 11.0. The summed E-state index contributed by atoms with van der Waals surface area (Å²) in [6.07, 6.45) is 8.27. The molecule has 1 N–H and O–H groups in total. The van der Waals surface area contributed by atoms with Gasteiger partial charge in [0.05, 0.1) is 11.0 Å². The van der Waals surface area contributed by atoms with E-state index in [9.17, 15) is 14.7 Å². The molecule has 2 aliphatic heterocycles. The molecule has 2 heterocycles. The number of aliphatic hydroxyl groups is 1. The summed E-state index contributed by atoms with van der Waals surface area (Å²) in [5, 5.41) is 12.3. The van der Waals surface area contributed by atoms with E-state index in [0.717, 1.165) is 17.7 Å². The van der Waals surface area contributed by atoms with Crippen molar-refractivity contribution in [3.05, 3.63) is 59.4 Å². The highest BCUT2D eigenvalue weighted by Crippen LogP contribution is 2.65. The Labute approximate surface area is 211 Å². The van der Waals surface area contributed by atoms with Gasteiger partial charge in [0.15, 0.2) is 17.6 Å². The van der Waals surface area contributed by atoms with Gasteiger partial charge >= 0.3 is 12.1 Å². The Bertz CT molecular complexity index is 1190. The van der Waals surface area contributed by atoms with Crippen LogP contribution in [0.1, 0.15) is 51.7 Å². The number of likely N-dealkylation sites (N-methyl/N-ethyl adjacent to an activating group) is 1. The van der Waals surface area contributed by atoms with Crippen LogP contribution in [0.2, 0.25) is 0 Å². The van der Waals surface area contributed by atoms with Crippen LogP contribution in [0.4, 0.5) is 4.79 Å². The standard InChI is InChI=1S/C28H33NO7/c1-6-7-8-9-21(30)33-19-12-13-28(32)20-16-17-10-11-18(34-25(31)36-26(2,3)4)23-22(17)27(28,24(19)35-23)14-15-29(20)5/h6-12,20,24,32H,13-16H2,1-5H3/b7-6+,9-8+/t20-,24-,27-,28+/m0/s1. The number of carbonyl (C=O) groups is 2. The van der Waals surface area contributed by atoms with Crippen molar-refractivity contribution in [3.8, 4) is 11.5 Å². The molecule has 0 unspecified atom stereocenters. The minimum absolute atomic E-state index is 0.128. The number of carbonyl (C=O) groups excluding carboxylic acids is 2. The van der Waals surface area contributed by atoms with Crippen molar-refractivity contribution in [2.45, 2.75) is 75.7 Å². The molecular weight excluding hydrogens is 462 g/mol. The summed E-state index contributed by atoms with van der Waals surface area (Å²) in [7, 11) is 2.03. The molecule has 0 saturated carbocycles. The largest absolute Gasteiger partial charge is 0.514 e. The van der Waals surface area contributed by atoms with Crippen LogP contribution in [-0.4, -0.2) is 59.1 Å². The lowest BCUT2D eigenvalue weighted by molar-refractivity contribution is -0.168. The number of ether oxygens (including phenoxy) is 4. The molecule has 1 aromatic carbocycles. The first-order valence-corrected chi connectivity index (χ1v) is 12.4. The van der Waals surface area contributed by atoms with Gasteiger partial charge in [-0.2, -0.15) is 0 Å². The lowest BCUT2D eigenvalue weighted by atomic mass is 9.50. The van der Waals surface area contributed by atoms with Crippen LogP contribution >= 0.6 is 0 Å². The van der Waals surface area contributed by atoms with Crippen molar-refractivity contribution < 1.29 is 33.6 Å². The van der Waals surface area contributed by atoms with E-state index >= 15 is 0 Å². The number of hydrogen-bond donors (Lipinski definition) is 1. The van der Waals surface area contributed by atoms with Crippen molar-refractivity contribution >= 4 is 12.1 Å². The van der Waals surface area contributed by atoms with Crippen molar-refractivity contribution in [1.29, 1.82) is 0 Å². The van der Waals surface area contributed by atoms with Crippen LogP contribution in [-0.2, 0) is 26.1 Å². The molecule has 36 heavy (non-hydrogen) atoms. The SMILES string of the molecule is C/C=C/C=C/C(=O)OC1=CC[C@@]2(O)[C@@H]3Cc4ccc(OC(=O)OC(C)(C)C)c5c4[C@@]2(CCN3C)[C@H]1O5. The smallest absolute Gasteiger partial charge is 0.477 e. The molecule has 1 fully saturated rings. The van der Waals surface area contributed by atoms with E-state index in [-0.39, 0.29) is 11.8 Å². The maximum Gasteiger partial charge on any atom is 0.514 e. The quantitative estimate of drug-likeness (QED) is 0.290. The molecule has 4 atom stereocenters. The van der Waals surface area contributed by atoms with Gasteiger partial charge in [0, 0.05) is 24.1 Å². The maximum atomic E-state index is 12.6. The van der Waals surface area contributed by atoms with Crippen molar-refractivity contribution in [1.82, 2.24) is 4.90 Å². The Hall–Kier alpha value is -3.10. The molecule has 1 aromatic rings. The minimum atomic E-state index is -1.13. The second-order valence-corrected chi connectivity index (χ2v) is 11.0. The van der Waals surface area contributed by atoms with Crippen LogP contribution < -0.4 is 9.47 Å². The Morgan fingerprint density at radius 1 is 1.22 bits per heavy atom. The molecule has 8 heteroatoms. The van der Waals surface area contributed by atoms with E-state index in [0.29, 0.717) is 30.8 Å². The summed E-state index contributed by atoms with van der Waals surface area (Å²) >= 11 is 0. The highest BCUT2D eigenvalue weighted by Gasteiger charge is 2.72. The van der Waals surface area contributed by atoms with Gasteiger partial charge in [-0.15, -0.1) is 0 Å². The zero-order valence-electron chi connectivity index (χ0n) is 21.4. The fourth-order valence-electron chi connectivity index (χ4n) is 6.26. The number of esters is 1. The molecule has 1 saturated heterocycles. The molecule has 192 valence electrons. The van der Waals surface area contributed by atoms with E-state index in [4.69, 9.17) is 18.9 Å². The number of nitrogens with zero attached hydrogens (tertiary/aromatic N) is 1. The lowest BCUT2D eigenvalue weighted by Crippen LogP contribution is -2.74. The van der Waals surface area contributed by atoms with Crippen molar-refractivity contribution in [2.75, 3.05) is 13.6 Å². The maximum absolute atomic E-state index is 12.6. The summed E-state index contributed by atoms with van der Waals surface area (Å²) in [5.41, 5.74) is -0.815. The molecule has 2 bridgehead atoms. The molecule has 1 spiro atoms. The van der Waals surface area contributed by atoms with Crippen LogP contribution in [0.25, 0.3) is 0 Å². The van der Waals surface area contributed by atoms with E-state index in [1.807, 2.05) is 26.1 Å². The highest BCUT2D eigenvalue weighted by molar-refractivity contribution is 5.83. The predicted molar refractivity (Wildman–Crippen MR) is 132 cm³/mol. The fourth-order valence-corrected chi connectivity index (χ4v) is 6.26. The van der Waals surface area contributed by atoms with Crippen molar-refractivity contribution in [2.24, 2.45) is 0 Å². The zero-order chi connectivity index (χ0) is 25.9.